The monoisotopic (exact) mass is 396 g/mol. The summed E-state index contributed by atoms with van der Waals surface area (Å²) in [6, 6.07) is 0. The van der Waals surface area contributed by atoms with E-state index in [0.29, 0.717) is 25.7 Å². The second-order valence-electron chi connectivity index (χ2n) is 7.01. The van der Waals surface area contributed by atoms with E-state index in [1.165, 1.54) is 0 Å². The van der Waals surface area contributed by atoms with Gasteiger partial charge in [-0.1, -0.05) is 0 Å². The van der Waals surface area contributed by atoms with E-state index in [2.05, 4.69) is 20.4 Å². The van der Waals surface area contributed by atoms with Gasteiger partial charge in [0, 0.05) is 52.9 Å². The second-order valence-corrected chi connectivity index (χ2v) is 7.01. The highest BCUT2D eigenvalue weighted by atomic mass is 16.5. The summed E-state index contributed by atoms with van der Waals surface area (Å²) >= 11 is 0. The molecular weight excluding hydrogens is 360 g/mol. The van der Waals surface area contributed by atoms with Gasteiger partial charge in [-0.05, 0) is 26.7 Å². The minimum atomic E-state index is 0.511. The Morgan fingerprint density at radius 2 is 2.11 bits per heavy atom. The van der Waals surface area contributed by atoms with Gasteiger partial charge in [-0.15, -0.1) is 10.2 Å². The molecule has 1 atom stereocenters. The number of rotatable bonds is 12. The van der Waals surface area contributed by atoms with Crippen LogP contribution < -0.4 is 5.32 Å². The van der Waals surface area contributed by atoms with Gasteiger partial charge in [0.15, 0.2) is 11.8 Å². The molecule has 0 bridgehead atoms. The Morgan fingerprint density at radius 3 is 2.82 bits per heavy atom. The number of nitrogens with zero attached hydrogens (tertiary/aromatic N) is 5. The van der Waals surface area contributed by atoms with Crippen molar-refractivity contribution >= 4 is 5.96 Å². The maximum Gasteiger partial charge on any atom is 0.194 e. The molecular formula is C19H36N6O3. The molecule has 2 heterocycles. The first-order chi connectivity index (χ1) is 13.7. The number of hydrogen-bond donors (Lipinski definition) is 1. The fraction of sp³-hybridized carbons (Fsp3) is 0.842. The summed E-state index contributed by atoms with van der Waals surface area (Å²) < 4.78 is 18.2. The zero-order valence-corrected chi connectivity index (χ0v) is 17.8. The average Bonchev–Trinajstić information content (AvgIpc) is 3.29. The van der Waals surface area contributed by atoms with Crippen molar-refractivity contribution in [3.8, 4) is 0 Å². The normalized spacial score (nSPS) is 17.5. The molecule has 0 aromatic carbocycles. The van der Waals surface area contributed by atoms with E-state index in [-0.39, 0.29) is 0 Å². The van der Waals surface area contributed by atoms with Crippen molar-refractivity contribution in [2.45, 2.75) is 33.2 Å². The molecule has 1 saturated heterocycles. The molecule has 0 amide bonds. The van der Waals surface area contributed by atoms with Crippen LogP contribution >= 0.6 is 0 Å². The highest BCUT2D eigenvalue weighted by Crippen LogP contribution is 2.17. The first kappa shape index (κ1) is 22.6. The van der Waals surface area contributed by atoms with Gasteiger partial charge in [0.25, 0.3) is 0 Å². The zero-order valence-electron chi connectivity index (χ0n) is 17.8. The van der Waals surface area contributed by atoms with Gasteiger partial charge in [0.05, 0.1) is 19.8 Å². The lowest BCUT2D eigenvalue weighted by atomic mass is 10.1. The third kappa shape index (κ3) is 7.37. The molecule has 1 aliphatic rings. The Hall–Kier alpha value is -1.71. The van der Waals surface area contributed by atoms with Crippen LogP contribution in [0.25, 0.3) is 0 Å². The van der Waals surface area contributed by atoms with Crippen molar-refractivity contribution in [3.05, 3.63) is 11.6 Å². The van der Waals surface area contributed by atoms with Crippen LogP contribution in [0.1, 0.15) is 31.4 Å². The number of guanidine groups is 1. The Balaban J connectivity index is 1.90. The summed E-state index contributed by atoms with van der Waals surface area (Å²) in [5.74, 6) is 3.21. The van der Waals surface area contributed by atoms with Gasteiger partial charge in [-0.2, -0.15) is 0 Å². The molecule has 2 rings (SSSR count). The number of likely N-dealkylation sites (tertiary alicyclic amines) is 1. The van der Waals surface area contributed by atoms with E-state index in [0.717, 1.165) is 69.9 Å². The summed E-state index contributed by atoms with van der Waals surface area (Å²) in [4.78, 5) is 7.13. The van der Waals surface area contributed by atoms with Crippen molar-refractivity contribution in [3.63, 3.8) is 0 Å². The maximum absolute atomic E-state index is 5.71. The summed E-state index contributed by atoms with van der Waals surface area (Å²) in [5, 5.41) is 11.8. The number of methoxy groups -OCH3 is 1. The number of nitrogens with one attached hydrogen (secondary N) is 1. The molecule has 0 spiro atoms. The van der Waals surface area contributed by atoms with Gasteiger partial charge in [0.1, 0.15) is 12.4 Å². The maximum atomic E-state index is 5.71. The lowest BCUT2D eigenvalue weighted by Gasteiger charge is -2.22. The Labute approximate surface area is 168 Å². The van der Waals surface area contributed by atoms with Crippen molar-refractivity contribution in [2.75, 3.05) is 59.8 Å². The van der Waals surface area contributed by atoms with Crippen LogP contribution in [-0.4, -0.2) is 85.4 Å². The lowest BCUT2D eigenvalue weighted by Crippen LogP contribution is -2.41. The van der Waals surface area contributed by atoms with Crippen LogP contribution in [-0.2, 0) is 27.8 Å². The smallest absolute Gasteiger partial charge is 0.194 e. The van der Waals surface area contributed by atoms with E-state index >= 15 is 0 Å². The Morgan fingerprint density at radius 1 is 1.25 bits per heavy atom. The van der Waals surface area contributed by atoms with Crippen molar-refractivity contribution in [2.24, 2.45) is 18.0 Å². The van der Waals surface area contributed by atoms with E-state index < -0.39 is 0 Å². The number of aromatic nitrogens is 3. The standard InChI is InChI=1S/C19H36N6O3/c1-5-27-10-6-8-20-19(21-13-18-23-22-16(2)24(18)3)25-9-7-17(14-25)15-28-12-11-26-4/h17H,5-15H2,1-4H3,(H,20,21). The first-order valence-corrected chi connectivity index (χ1v) is 10.2. The van der Waals surface area contributed by atoms with E-state index in [1.54, 1.807) is 7.11 Å². The second kappa shape index (κ2) is 12.7. The van der Waals surface area contributed by atoms with Crippen molar-refractivity contribution in [1.82, 2.24) is 25.0 Å². The zero-order chi connectivity index (χ0) is 20.2. The first-order valence-electron chi connectivity index (χ1n) is 10.2. The average molecular weight is 397 g/mol. The van der Waals surface area contributed by atoms with E-state index in [1.807, 2.05) is 25.5 Å². The van der Waals surface area contributed by atoms with Crippen LogP contribution in [0.3, 0.4) is 0 Å². The fourth-order valence-corrected chi connectivity index (χ4v) is 3.07. The van der Waals surface area contributed by atoms with Gasteiger partial charge < -0.3 is 29.0 Å². The van der Waals surface area contributed by atoms with E-state index in [9.17, 15) is 0 Å². The Bertz CT molecular complexity index is 592. The minimum Gasteiger partial charge on any atom is -0.382 e. The molecule has 9 heteroatoms. The van der Waals surface area contributed by atoms with Gasteiger partial charge >= 0.3 is 0 Å². The summed E-state index contributed by atoms with van der Waals surface area (Å²) in [6.07, 6.45) is 2.06. The molecule has 1 fully saturated rings. The molecule has 28 heavy (non-hydrogen) atoms. The molecule has 0 aliphatic carbocycles. The fourth-order valence-electron chi connectivity index (χ4n) is 3.07. The summed E-state index contributed by atoms with van der Waals surface area (Å²) in [5.41, 5.74) is 0. The highest BCUT2D eigenvalue weighted by Gasteiger charge is 2.25. The quantitative estimate of drug-likeness (QED) is 0.320. The van der Waals surface area contributed by atoms with Crippen LogP contribution in [0.15, 0.2) is 4.99 Å². The van der Waals surface area contributed by atoms with Crippen LogP contribution in [0.4, 0.5) is 0 Å². The largest absolute Gasteiger partial charge is 0.382 e. The summed E-state index contributed by atoms with van der Waals surface area (Å²) in [6.45, 7) is 10.8. The third-order valence-corrected chi connectivity index (χ3v) is 4.88. The Kier molecular flexibility index (Phi) is 10.2. The van der Waals surface area contributed by atoms with E-state index in [4.69, 9.17) is 19.2 Å². The van der Waals surface area contributed by atoms with Crippen LogP contribution in [0.5, 0.6) is 0 Å². The molecule has 160 valence electrons. The number of aryl methyl sites for hydroxylation is 1. The SMILES string of the molecule is CCOCCCNC(=NCc1nnc(C)n1C)N1CCC(COCCOC)C1. The number of aliphatic imine (C=N–C) groups is 1. The predicted octanol–water partition coefficient (Wildman–Crippen LogP) is 0.981. The molecule has 0 radical (unpaired) electrons. The molecule has 9 nitrogen and oxygen atoms in total. The highest BCUT2D eigenvalue weighted by molar-refractivity contribution is 5.80. The molecule has 1 unspecified atom stereocenters. The van der Waals surface area contributed by atoms with Crippen LogP contribution in [0, 0.1) is 12.8 Å². The summed E-state index contributed by atoms with van der Waals surface area (Å²) in [7, 11) is 3.66. The van der Waals surface area contributed by atoms with Gasteiger partial charge in [-0.3, -0.25) is 0 Å². The minimum absolute atomic E-state index is 0.511. The van der Waals surface area contributed by atoms with Gasteiger partial charge in [0.2, 0.25) is 0 Å². The molecule has 1 aromatic heterocycles. The topological polar surface area (TPSA) is 86.0 Å². The van der Waals surface area contributed by atoms with Crippen molar-refractivity contribution in [1.29, 1.82) is 0 Å². The molecule has 1 N–H and O–H groups in total. The number of ether oxygens (including phenoxy) is 3. The predicted molar refractivity (Wildman–Crippen MR) is 108 cm³/mol. The number of hydrogen-bond acceptors (Lipinski definition) is 6. The lowest BCUT2D eigenvalue weighted by molar-refractivity contribution is 0.0536. The van der Waals surface area contributed by atoms with Gasteiger partial charge in [-0.25, -0.2) is 4.99 Å². The molecule has 1 aromatic rings. The third-order valence-electron chi connectivity index (χ3n) is 4.88. The molecule has 0 saturated carbocycles. The molecule has 1 aliphatic heterocycles. The van der Waals surface area contributed by atoms with Crippen molar-refractivity contribution < 1.29 is 14.2 Å². The van der Waals surface area contributed by atoms with Crippen LogP contribution in [0.2, 0.25) is 0 Å².